The molecule has 8 heteroatoms. The highest BCUT2D eigenvalue weighted by molar-refractivity contribution is 5.78. The van der Waals surface area contributed by atoms with Crippen LogP contribution in [-0.2, 0) is 17.8 Å². The van der Waals surface area contributed by atoms with Crippen LogP contribution in [0.2, 0.25) is 0 Å². The summed E-state index contributed by atoms with van der Waals surface area (Å²) in [5.74, 6) is 3.55. The Morgan fingerprint density at radius 3 is 3.05 bits per heavy atom. The molecule has 1 aromatic rings. The zero-order valence-electron chi connectivity index (χ0n) is 12.4. The molecule has 0 saturated heterocycles. The third kappa shape index (κ3) is 3.30. The highest BCUT2D eigenvalue weighted by atomic mass is 16.1. The zero-order valence-corrected chi connectivity index (χ0v) is 12.4. The fourth-order valence-electron chi connectivity index (χ4n) is 2.76. The third-order valence-electron chi connectivity index (χ3n) is 4.26. The summed E-state index contributed by atoms with van der Waals surface area (Å²) >= 11 is 0. The van der Waals surface area contributed by atoms with Crippen molar-refractivity contribution in [3.8, 4) is 12.3 Å². The first-order valence-corrected chi connectivity index (χ1v) is 7.63. The van der Waals surface area contributed by atoms with Crippen molar-refractivity contribution in [2.75, 3.05) is 6.54 Å². The first kappa shape index (κ1) is 14.6. The van der Waals surface area contributed by atoms with Gasteiger partial charge >= 0.3 is 0 Å². The molecule has 0 spiro atoms. The van der Waals surface area contributed by atoms with Crippen molar-refractivity contribution in [2.24, 2.45) is 16.1 Å². The number of carbonyl (C=O) groups is 1. The van der Waals surface area contributed by atoms with Gasteiger partial charge in [-0.2, -0.15) is 10.2 Å². The second kappa shape index (κ2) is 6.22. The van der Waals surface area contributed by atoms with Gasteiger partial charge in [0.15, 0.2) is 11.5 Å². The Bertz CT molecular complexity index is 586. The topological polar surface area (TPSA) is 97.4 Å². The van der Waals surface area contributed by atoms with E-state index in [1.54, 1.807) is 4.68 Å². The average Bonchev–Trinajstić information content (AvgIpc) is 3.21. The predicted molar refractivity (Wildman–Crippen MR) is 77.5 cm³/mol. The van der Waals surface area contributed by atoms with Crippen molar-refractivity contribution in [1.29, 1.82) is 0 Å². The quantitative estimate of drug-likeness (QED) is 0.782. The summed E-state index contributed by atoms with van der Waals surface area (Å²) in [7, 11) is 0. The number of hydrogen-bond acceptors (Lipinski definition) is 6. The molecule has 0 bridgehead atoms. The summed E-state index contributed by atoms with van der Waals surface area (Å²) in [6, 6.07) is 0. The number of aryl methyl sites for hydroxylation is 2. The molecule has 1 amide bonds. The lowest BCUT2D eigenvalue weighted by atomic mass is 9.99. The molecule has 0 aromatic carbocycles. The smallest absolute Gasteiger partial charge is 0.223 e. The summed E-state index contributed by atoms with van der Waals surface area (Å²) in [6.45, 7) is 1.27. The lowest BCUT2D eigenvalue weighted by molar-refractivity contribution is -0.125. The molecule has 22 heavy (non-hydrogen) atoms. The number of carbonyl (C=O) groups excluding carboxylic acids is 1. The third-order valence-corrected chi connectivity index (χ3v) is 4.26. The average molecular weight is 301 g/mol. The first-order valence-electron chi connectivity index (χ1n) is 7.63. The summed E-state index contributed by atoms with van der Waals surface area (Å²) in [4.78, 5) is 12.3. The van der Waals surface area contributed by atoms with Gasteiger partial charge in [0.25, 0.3) is 0 Å². The molecule has 116 valence electrons. The Hall–Kier alpha value is -2.30. The molecule has 1 atom stereocenters. The molecule has 0 fully saturated rings. The molecular weight excluding hydrogens is 282 g/mol. The van der Waals surface area contributed by atoms with Crippen LogP contribution in [-0.4, -0.2) is 38.3 Å². The molecule has 3 heterocycles. The van der Waals surface area contributed by atoms with Crippen LogP contribution in [0.5, 0.6) is 0 Å². The van der Waals surface area contributed by atoms with E-state index in [4.69, 9.17) is 6.42 Å². The van der Waals surface area contributed by atoms with Crippen LogP contribution in [0.15, 0.2) is 10.2 Å². The molecule has 1 unspecified atom stereocenters. The van der Waals surface area contributed by atoms with Crippen molar-refractivity contribution in [3.63, 3.8) is 0 Å². The van der Waals surface area contributed by atoms with Crippen molar-refractivity contribution < 1.29 is 4.79 Å². The van der Waals surface area contributed by atoms with Crippen LogP contribution in [0.1, 0.15) is 37.9 Å². The largest absolute Gasteiger partial charge is 0.356 e. The predicted octanol–water partition coefficient (Wildman–Crippen LogP) is 0.707. The van der Waals surface area contributed by atoms with Crippen LogP contribution in [0.3, 0.4) is 0 Å². The van der Waals surface area contributed by atoms with E-state index in [1.807, 2.05) is 0 Å². The molecule has 8 nitrogen and oxygen atoms in total. The summed E-state index contributed by atoms with van der Waals surface area (Å²) in [6.07, 6.45) is 9.70. The molecular formula is C14H19N7O. The first-order chi connectivity index (χ1) is 10.7. The van der Waals surface area contributed by atoms with Crippen LogP contribution in [0, 0.1) is 18.3 Å². The molecule has 2 aliphatic rings. The number of rotatable bonds is 6. The minimum atomic E-state index is -0.332. The zero-order chi connectivity index (χ0) is 15.4. The van der Waals surface area contributed by atoms with Gasteiger partial charge in [0.05, 0.1) is 0 Å². The van der Waals surface area contributed by atoms with E-state index in [-0.39, 0.29) is 17.5 Å². The van der Waals surface area contributed by atoms with Crippen LogP contribution >= 0.6 is 0 Å². The second-order valence-electron chi connectivity index (χ2n) is 5.77. The number of aromatic nitrogens is 4. The van der Waals surface area contributed by atoms with Crippen molar-refractivity contribution in [3.05, 3.63) is 5.82 Å². The fourth-order valence-corrected chi connectivity index (χ4v) is 2.76. The number of tetrazole rings is 1. The molecule has 0 aliphatic carbocycles. The van der Waals surface area contributed by atoms with E-state index < -0.39 is 0 Å². The molecule has 1 N–H and O–H groups in total. The number of fused-ring (bicyclic) bond motifs is 1. The SMILES string of the molecule is C#CCCC1(CCNC(=O)C2CCc3nnnn3CC2)N=N1. The number of nitrogens with zero attached hydrogens (tertiary/aromatic N) is 6. The van der Waals surface area contributed by atoms with E-state index in [0.29, 0.717) is 19.5 Å². The van der Waals surface area contributed by atoms with E-state index in [9.17, 15) is 4.79 Å². The fraction of sp³-hybridized carbons (Fsp3) is 0.714. The van der Waals surface area contributed by atoms with Gasteiger partial charge in [-0.3, -0.25) is 4.79 Å². The summed E-state index contributed by atoms with van der Waals surface area (Å²) in [5, 5.41) is 22.7. The second-order valence-corrected chi connectivity index (χ2v) is 5.77. The Morgan fingerprint density at radius 2 is 2.27 bits per heavy atom. The Morgan fingerprint density at radius 1 is 1.41 bits per heavy atom. The monoisotopic (exact) mass is 301 g/mol. The lowest BCUT2D eigenvalue weighted by Gasteiger charge is -2.15. The Kier molecular flexibility index (Phi) is 4.13. The number of terminal acetylenes is 1. The normalized spacial score (nSPS) is 21.5. The van der Waals surface area contributed by atoms with E-state index in [2.05, 4.69) is 37.0 Å². The van der Waals surface area contributed by atoms with Gasteiger partial charge < -0.3 is 5.32 Å². The van der Waals surface area contributed by atoms with Crippen LogP contribution < -0.4 is 5.32 Å². The molecule has 0 saturated carbocycles. The van der Waals surface area contributed by atoms with Crippen LogP contribution in [0.4, 0.5) is 0 Å². The van der Waals surface area contributed by atoms with Gasteiger partial charge in [0.1, 0.15) is 0 Å². The van der Waals surface area contributed by atoms with E-state index in [0.717, 1.165) is 37.9 Å². The van der Waals surface area contributed by atoms with E-state index in [1.165, 1.54) is 0 Å². The minimum absolute atomic E-state index is 0.00163. The van der Waals surface area contributed by atoms with Crippen molar-refractivity contribution in [2.45, 2.75) is 50.7 Å². The summed E-state index contributed by atoms with van der Waals surface area (Å²) in [5.41, 5.74) is -0.332. The molecule has 2 aliphatic heterocycles. The summed E-state index contributed by atoms with van der Waals surface area (Å²) < 4.78 is 1.78. The Labute approximate surface area is 128 Å². The van der Waals surface area contributed by atoms with Gasteiger partial charge in [-0.05, 0) is 23.3 Å². The van der Waals surface area contributed by atoms with Gasteiger partial charge in [-0.1, -0.05) is 0 Å². The van der Waals surface area contributed by atoms with Crippen molar-refractivity contribution in [1.82, 2.24) is 25.5 Å². The standard InChI is InChI=1S/C14H19N7O/c1-2-3-7-14(17-18-14)8-9-15-13(22)11-4-5-12-16-19-20-21(12)10-6-11/h1,11H,3-10H2,(H,15,22). The Balaban J connectivity index is 1.41. The van der Waals surface area contributed by atoms with E-state index >= 15 is 0 Å². The maximum atomic E-state index is 12.3. The lowest BCUT2D eigenvalue weighted by Crippen LogP contribution is -2.33. The van der Waals surface area contributed by atoms with Gasteiger partial charge in [-0.15, -0.1) is 17.4 Å². The number of amides is 1. The van der Waals surface area contributed by atoms with Crippen molar-refractivity contribution >= 4 is 5.91 Å². The van der Waals surface area contributed by atoms with Crippen LogP contribution in [0.25, 0.3) is 0 Å². The van der Waals surface area contributed by atoms with Gasteiger partial charge in [0.2, 0.25) is 5.91 Å². The number of hydrogen-bond donors (Lipinski definition) is 1. The van der Waals surface area contributed by atoms with Gasteiger partial charge in [0, 0.05) is 44.7 Å². The molecule has 3 rings (SSSR count). The number of nitrogens with one attached hydrogen (secondary N) is 1. The maximum absolute atomic E-state index is 12.3. The highest BCUT2D eigenvalue weighted by Gasteiger charge is 2.38. The molecule has 0 radical (unpaired) electrons. The minimum Gasteiger partial charge on any atom is -0.356 e. The highest BCUT2D eigenvalue weighted by Crippen LogP contribution is 2.36. The maximum Gasteiger partial charge on any atom is 0.223 e. The van der Waals surface area contributed by atoms with Gasteiger partial charge in [-0.25, -0.2) is 4.68 Å². The molecule has 1 aromatic heterocycles.